The van der Waals surface area contributed by atoms with E-state index >= 15 is 0 Å². The van der Waals surface area contributed by atoms with E-state index in [-0.39, 0.29) is 0 Å². The van der Waals surface area contributed by atoms with Crippen LogP contribution in [0.5, 0.6) is 5.75 Å². The van der Waals surface area contributed by atoms with Crippen LogP contribution in [0.15, 0.2) is 53.1 Å². The van der Waals surface area contributed by atoms with E-state index in [1.54, 1.807) is 7.11 Å². The van der Waals surface area contributed by atoms with E-state index in [1.165, 1.54) is 5.56 Å². The number of hydrogen-bond donors (Lipinski definition) is 0. The molecule has 104 valence electrons. The van der Waals surface area contributed by atoms with Crippen LogP contribution in [0, 0.1) is 11.3 Å². The van der Waals surface area contributed by atoms with Crippen molar-refractivity contribution in [2.24, 2.45) is 0 Å². The first-order chi connectivity index (χ1) is 10.2. The average Bonchev–Trinajstić information content (AvgIpc) is 2.89. The summed E-state index contributed by atoms with van der Waals surface area (Å²) in [6, 6.07) is 16.0. The van der Waals surface area contributed by atoms with Crippen LogP contribution in [0.25, 0.3) is 10.9 Å². The van der Waals surface area contributed by atoms with Gasteiger partial charge in [0.25, 0.3) is 0 Å². The van der Waals surface area contributed by atoms with Crippen LogP contribution in [-0.2, 0) is 6.54 Å². The Morgan fingerprint density at radius 1 is 1.19 bits per heavy atom. The molecule has 2 aromatic carbocycles. The SMILES string of the molecule is COc1ccc(Cn2ccc3cc(C#N)ccc32)cc1Br. The lowest BCUT2D eigenvalue weighted by molar-refractivity contribution is 0.412. The number of nitrogens with zero attached hydrogens (tertiary/aromatic N) is 2. The van der Waals surface area contributed by atoms with E-state index in [9.17, 15) is 0 Å². The highest BCUT2D eigenvalue weighted by Crippen LogP contribution is 2.26. The van der Waals surface area contributed by atoms with Gasteiger partial charge in [-0.2, -0.15) is 5.26 Å². The Morgan fingerprint density at radius 3 is 2.76 bits per heavy atom. The first-order valence-corrected chi connectivity index (χ1v) is 7.32. The molecule has 0 radical (unpaired) electrons. The van der Waals surface area contributed by atoms with E-state index in [0.29, 0.717) is 5.56 Å². The molecule has 0 saturated heterocycles. The molecular weight excluding hydrogens is 328 g/mol. The minimum Gasteiger partial charge on any atom is -0.496 e. The normalized spacial score (nSPS) is 10.5. The van der Waals surface area contributed by atoms with Crippen LogP contribution >= 0.6 is 15.9 Å². The molecule has 4 heteroatoms. The molecule has 0 bridgehead atoms. The third-order valence-corrected chi connectivity index (χ3v) is 4.09. The van der Waals surface area contributed by atoms with Crippen molar-refractivity contribution in [3.05, 3.63) is 64.3 Å². The highest BCUT2D eigenvalue weighted by Gasteiger charge is 2.05. The van der Waals surface area contributed by atoms with Gasteiger partial charge in [0.15, 0.2) is 0 Å². The highest BCUT2D eigenvalue weighted by molar-refractivity contribution is 9.10. The maximum atomic E-state index is 8.95. The van der Waals surface area contributed by atoms with Crippen molar-refractivity contribution in [2.45, 2.75) is 6.54 Å². The lowest BCUT2D eigenvalue weighted by atomic mass is 10.1. The number of benzene rings is 2. The number of methoxy groups -OCH3 is 1. The quantitative estimate of drug-likeness (QED) is 0.711. The number of aromatic nitrogens is 1. The molecule has 0 aliphatic heterocycles. The third kappa shape index (κ3) is 2.65. The largest absolute Gasteiger partial charge is 0.496 e. The summed E-state index contributed by atoms with van der Waals surface area (Å²) in [6.45, 7) is 0.776. The van der Waals surface area contributed by atoms with Gasteiger partial charge in [0.2, 0.25) is 0 Å². The molecule has 0 spiro atoms. The monoisotopic (exact) mass is 340 g/mol. The Kier molecular flexibility index (Phi) is 3.68. The van der Waals surface area contributed by atoms with Gasteiger partial charge in [0, 0.05) is 23.6 Å². The zero-order valence-corrected chi connectivity index (χ0v) is 13.1. The Balaban J connectivity index is 1.95. The van der Waals surface area contributed by atoms with Crippen LogP contribution in [-0.4, -0.2) is 11.7 Å². The zero-order chi connectivity index (χ0) is 14.8. The van der Waals surface area contributed by atoms with E-state index < -0.39 is 0 Å². The molecule has 3 rings (SSSR count). The minimum atomic E-state index is 0.687. The maximum absolute atomic E-state index is 8.95. The van der Waals surface area contributed by atoms with Crippen LogP contribution in [0.2, 0.25) is 0 Å². The fourth-order valence-electron chi connectivity index (χ4n) is 2.41. The Bertz CT molecular complexity index is 846. The molecule has 0 atom stereocenters. The second kappa shape index (κ2) is 5.63. The van der Waals surface area contributed by atoms with Gasteiger partial charge in [0.05, 0.1) is 23.2 Å². The van der Waals surface area contributed by atoms with Crippen molar-refractivity contribution >= 4 is 26.8 Å². The second-order valence-electron chi connectivity index (χ2n) is 4.80. The first-order valence-electron chi connectivity index (χ1n) is 6.52. The molecule has 21 heavy (non-hydrogen) atoms. The maximum Gasteiger partial charge on any atom is 0.133 e. The molecule has 3 aromatic rings. The van der Waals surface area contributed by atoms with Crippen LogP contribution < -0.4 is 4.74 Å². The van der Waals surface area contributed by atoms with E-state index in [2.05, 4.69) is 38.7 Å². The van der Waals surface area contributed by atoms with Crippen molar-refractivity contribution < 1.29 is 4.74 Å². The van der Waals surface area contributed by atoms with E-state index in [4.69, 9.17) is 10.00 Å². The minimum absolute atomic E-state index is 0.687. The molecule has 3 nitrogen and oxygen atoms in total. The summed E-state index contributed by atoms with van der Waals surface area (Å²) in [6.07, 6.45) is 2.05. The van der Waals surface area contributed by atoms with Gasteiger partial charge in [-0.15, -0.1) is 0 Å². The van der Waals surface area contributed by atoms with E-state index in [0.717, 1.165) is 27.7 Å². The standard InChI is InChI=1S/C17H13BrN2O/c1-21-17-5-3-13(9-15(17)18)11-20-7-6-14-8-12(10-19)2-4-16(14)20/h2-9H,11H2,1H3. The number of hydrogen-bond acceptors (Lipinski definition) is 2. The van der Waals surface area contributed by atoms with Crippen molar-refractivity contribution in [3.8, 4) is 11.8 Å². The molecule has 1 heterocycles. The van der Waals surface area contributed by atoms with Gasteiger partial charge in [0.1, 0.15) is 5.75 Å². The summed E-state index contributed by atoms with van der Waals surface area (Å²) >= 11 is 3.51. The van der Waals surface area contributed by atoms with Gasteiger partial charge >= 0.3 is 0 Å². The lowest BCUT2D eigenvalue weighted by Gasteiger charge is -2.08. The van der Waals surface area contributed by atoms with E-state index in [1.807, 2.05) is 36.5 Å². The Labute approximate surface area is 131 Å². The molecular formula is C17H13BrN2O. The summed E-state index contributed by atoms with van der Waals surface area (Å²) in [4.78, 5) is 0. The van der Waals surface area contributed by atoms with Crippen LogP contribution in [0.3, 0.4) is 0 Å². The number of nitriles is 1. The summed E-state index contributed by atoms with van der Waals surface area (Å²) < 4.78 is 8.37. The van der Waals surface area contributed by atoms with Crippen molar-refractivity contribution in [3.63, 3.8) is 0 Å². The Hall–Kier alpha value is -2.25. The lowest BCUT2D eigenvalue weighted by Crippen LogP contribution is -1.98. The number of rotatable bonds is 3. The average molecular weight is 341 g/mol. The first kappa shape index (κ1) is 13.7. The van der Waals surface area contributed by atoms with Gasteiger partial charge in [-0.3, -0.25) is 0 Å². The zero-order valence-electron chi connectivity index (χ0n) is 11.5. The van der Waals surface area contributed by atoms with Gasteiger partial charge in [-0.25, -0.2) is 0 Å². The molecule has 0 aliphatic rings. The van der Waals surface area contributed by atoms with Gasteiger partial charge < -0.3 is 9.30 Å². The smallest absolute Gasteiger partial charge is 0.133 e. The summed E-state index contributed by atoms with van der Waals surface area (Å²) in [7, 11) is 1.66. The molecule has 0 N–H and O–H groups in total. The third-order valence-electron chi connectivity index (χ3n) is 3.47. The summed E-state index contributed by atoms with van der Waals surface area (Å²) in [5.74, 6) is 0.828. The predicted octanol–water partition coefficient (Wildman–Crippen LogP) is 4.33. The molecule has 0 amide bonds. The number of ether oxygens (including phenoxy) is 1. The fraction of sp³-hybridized carbons (Fsp3) is 0.118. The van der Waals surface area contributed by atoms with Crippen LogP contribution in [0.4, 0.5) is 0 Å². The van der Waals surface area contributed by atoms with Crippen LogP contribution in [0.1, 0.15) is 11.1 Å². The fourth-order valence-corrected chi connectivity index (χ4v) is 3.00. The summed E-state index contributed by atoms with van der Waals surface area (Å²) in [5, 5.41) is 10.0. The van der Waals surface area contributed by atoms with Crippen molar-refractivity contribution in [2.75, 3.05) is 7.11 Å². The number of fused-ring (bicyclic) bond motifs is 1. The molecule has 0 unspecified atom stereocenters. The van der Waals surface area contributed by atoms with Gasteiger partial charge in [-0.1, -0.05) is 6.07 Å². The Morgan fingerprint density at radius 2 is 2.05 bits per heavy atom. The van der Waals surface area contributed by atoms with Crippen molar-refractivity contribution in [1.82, 2.24) is 4.57 Å². The highest BCUT2D eigenvalue weighted by atomic mass is 79.9. The van der Waals surface area contributed by atoms with Gasteiger partial charge in [-0.05, 0) is 57.9 Å². The second-order valence-corrected chi connectivity index (χ2v) is 5.65. The molecule has 0 fully saturated rings. The topological polar surface area (TPSA) is 38.0 Å². The molecule has 0 aliphatic carbocycles. The number of halogens is 1. The molecule has 0 saturated carbocycles. The summed E-state index contributed by atoms with van der Waals surface area (Å²) in [5.41, 5.74) is 3.00. The molecule has 1 aromatic heterocycles. The predicted molar refractivity (Wildman–Crippen MR) is 86.4 cm³/mol. The van der Waals surface area contributed by atoms with Crippen molar-refractivity contribution in [1.29, 1.82) is 5.26 Å².